The number of hydrogen-bond acceptors (Lipinski definition) is 2. The highest BCUT2D eigenvalue weighted by atomic mass is 15.2. The zero-order valence-corrected chi connectivity index (χ0v) is 10.5. The van der Waals surface area contributed by atoms with Crippen molar-refractivity contribution >= 4 is 0 Å². The van der Waals surface area contributed by atoms with E-state index in [1.54, 1.807) is 5.56 Å². The van der Waals surface area contributed by atoms with Gasteiger partial charge in [0.15, 0.2) is 0 Å². The van der Waals surface area contributed by atoms with Gasteiger partial charge in [-0.1, -0.05) is 37.1 Å². The average molecular weight is 230 g/mol. The summed E-state index contributed by atoms with van der Waals surface area (Å²) in [5, 5.41) is 3.57. The summed E-state index contributed by atoms with van der Waals surface area (Å²) in [6, 6.07) is 9.55. The fraction of sp³-hybridized carbons (Fsp3) is 0.600. The molecule has 0 aliphatic carbocycles. The molecule has 0 bridgehead atoms. The molecule has 1 aromatic rings. The molecule has 2 heterocycles. The summed E-state index contributed by atoms with van der Waals surface area (Å²) in [6.07, 6.45) is 5.58. The molecule has 0 saturated carbocycles. The lowest BCUT2D eigenvalue weighted by Crippen LogP contribution is -2.40. The van der Waals surface area contributed by atoms with Gasteiger partial charge < -0.3 is 5.32 Å². The molecule has 1 aromatic carbocycles. The summed E-state index contributed by atoms with van der Waals surface area (Å²) in [5.41, 5.74) is 3.06. The highest BCUT2D eigenvalue weighted by Gasteiger charge is 2.25. The quantitative estimate of drug-likeness (QED) is 0.798. The van der Waals surface area contributed by atoms with Gasteiger partial charge in [-0.15, -0.1) is 0 Å². The van der Waals surface area contributed by atoms with E-state index in [9.17, 15) is 0 Å². The van der Waals surface area contributed by atoms with E-state index in [1.165, 1.54) is 44.3 Å². The van der Waals surface area contributed by atoms with Crippen LogP contribution < -0.4 is 5.32 Å². The van der Waals surface area contributed by atoms with Crippen molar-refractivity contribution in [2.45, 2.75) is 38.3 Å². The van der Waals surface area contributed by atoms with Gasteiger partial charge in [0.2, 0.25) is 0 Å². The first-order valence-electron chi connectivity index (χ1n) is 6.98. The normalized spacial score (nSPS) is 26.2. The summed E-state index contributed by atoms with van der Waals surface area (Å²) >= 11 is 0. The summed E-state index contributed by atoms with van der Waals surface area (Å²) in [4.78, 5) is 2.69. The second-order valence-corrected chi connectivity index (χ2v) is 5.30. The molecule has 3 rings (SSSR count). The Labute approximate surface area is 104 Å². The van der Waals surface area contributed by atoms with Crippen molar-refractivity contribution in [2.24, 2.45) is 0 Å². The summed E-state index contributed by atoms with van der Waals surface area (Å²) in [6.45, 7) is 4.72. The SMILES string of the molecule is c1ccc2c(c1)CNCC2N1CCCCCC1. The molecule has 0 amide bonds. The van der Waals surface area contributed by atoms with E-state index in [2.05, 4.69) is 34.5 Å². The maximum Gasteiger partial charge on any atom is 0.0476 e. The number of hydrogen-bond donors (Lipinski definition) is 1. The van der Waals surface area contributed by atoms with Gasteiger partial charge >= 0.3 is 0 Å². The highest BCUT2D eigenvalue weighted by molar-refractivity contribution is 5.32. The van der Waals surface area contributed by atoms with E-state index in [0.717, 1.165) is 13.1 Å². The van der Waals surface area contributed by atoms with Crippen LogP contribution in [0.5, 0.6) is 0 Å². The predicted molar refractivity (Wildman–Crippen MR) is 70.9 cm³/mol. The van der Waals surface area contributed by atoms with E-state index in [1.807, 2.05) is 0 Å². The monoisotopic (exact) mass is 230 g/mol. The van der Waals surface area contributed by atoms with Crippen LogP contribution in [0.3, 0.4) is 0 Å². The first kappa shape index (κ1) is 11.2. The molecule has 2 heteroatoms. The number of nitrogens with zero attached hydrogens (tertiary/aromatic N) is 1. The third kappa shape index (κ3) is 2.38. The molecule has 1 atom stereocenters. The Morgan fingerprint density at radius 2 is 1.76 bits per heavy atom. The molecule has 2 aliphatic heterocycles. The van der Waals surface area contributed by atoms with Crippen molar-refractivity contribution in [2.75, 3.05) is 19.6 Å². The van der Waals surface area contributed by atoms with E-state index in [-0.39, 0.29) is 0 Å². The minimum Gasteiger partial charge on any atom is -0.311 e. The van der Waals surface area contributed by atoms with Crippen LogP contribution in [0.2, 0.25) is 0 Å². The van der Waals surface area contributed by atoms with Crippen LogP contribution in [0.15, 0.2) is 24.3 Å². The van der Waals surface area contributed by atoms with Gasteiger partial charge in [-0.3, -0.25) is 4.90 Å². The predicted octanol–water partition coefficient (Wildman–Crippen LogP) is 2.71. The number of benzene rings is 1. The first-order valence-corrected chi connectivity index (χ1v) is 6.98. The lowest BCUT2D eigenvalue weighted by atomic mass is 9.95. The Bertz CT molecular complexity index is 367. The topological polar surface area (TPSA) is 15.3 Å². The van der Waals surface area contributed by atoms with Gasteiger partial charge in [0, 0.05) is 19.1 Å². The van der Waals surface area contributed by atoms with E-state index < -0.39 is 0 Å². The van der Waals surface area contributed by atoms with E-state index in [4.69, 9.17) is 0 Å². The van der Waals surface area contributed by atoms with Crippen molar-refractivity contribution in [3.8, 4) is 0 Å². The van der Waals surface area contributed by atoms with Crippen molar-refractivity contribution in [1.82, 2.24) is 10.2 Å². The van der Waals surface area contributed by atoms with Gasteiger partial charge in [0.1, 0.15) is 0 Å². The maximum atomic E-state index is 3.57. The Kier molecular flexibility index (Phi) is 3.44. The van der Waals surface area contributed by atoms with Crippen LogP contribution in [-0.2, 0) is 6.54 Å². The maximum absolute atomic E-state index is 3.57. The fourth-order valence-electron chi connectivity index (χ4n) is 3.21. The standard InChI is InChI=1S/C15H22N2/c1-2-6-10-17(9-5-1)15-12-16-11-13-7-3-4-8-14(13)15/h3-4,7-8,15-16H,1-2,5-6,9-12H2. The van der Waals surface area contributed by atoms with Crippen LogP contribution in [0.4, 0.5) is 0 Å². The third-order valence-corrected chi connectivity index (χ3v) is 4.15. The first-order chi connectivity index (χ1) is 8.45. The van der Waals surface area contributed by atoms with Gasteiger partial charge in [-0.05, 0) is 37.1 Å². The van der Waals surface area contributed by atoms with Crippen LogP contribution in [0.25, 0.3) is 0 Å². The molecule has 2 aliphatic rings. The molecule has 17 heavy (non-hydrogen) atoms. The molecule has 2 nitrogen and oxygen atoms in total. The Hall–Kier alpha value is -0.860. The number of nitrogens with one attached hydrogen (secondary N) is 1. The van der Waals surface area contributed by atoms with Gasteiger partial charge in [0.05, 0.1) is 0 Å². The molecular formula is C15H22N2. The molecule has 0 radical (unpaired) electrons. The van der Waals surface area contributed by atoms with Crippen LogP contribution in [0.1, 0.15) is 42.9 Å². The molecular weight excluding hydrogens is 208 g/mol. The molecule has 1 fully saturated rings. The minimum absolute atomic E-state index is 0.609. The van der Waals surface area contributed by atoms with Crippen molar-refractivity contribution in [1.29, 1.82) is 0 Å². The lowest BCUT2D eigenvalue weighted by molar-refractivity contribution is 0.192. The lowest BCUT2D eigenvalue weighted by Gasteiger charge is -2.35. The molecule has 1 N–H and O–H groups in total. The summed E-state index contributed by atoms with van der Waals surface area (Å²) in [7, 11) is 0. The van der Waals surface area contributed by atoms with Crippen molar-refractivity contribution < 1.29 is 0 Å². The number of rotatable bonds is 1. The van der Waals surface area contributed by atoms with E-state index in [0.29, 0.717) is 6.04 Å². The fourth-order valence-corrected chi connectivity index (χ4v) is 3.21. The molecule has 1 unspecified atom stereocenters. The van der Waals surface area contributed by atoms with Crippen LogP contribution in [-0.4, -0.2) is 24.5 Å². The Morgan fingerprint density at radius 1 is 1.00 bits per heavy atom. The number of fused-ring (bicyclic) bond motifs is 1. The van der Waals surface area contributed by atoms with Crippen LogP contribution >= 0.6 is 0 Å². The molecule has 92 valence electrons. The zero-order chi connectivity index (χ0) is 11.5. The zero-order valence-electron chi connectivity index (χ0n) is 10.5. The summed E-state index contributed by atoms with van der Waals surface area (Å²) < 4.78 is 0. The Balaban J connectivity index is 1.83. The van der Waals surface area contributed by atoms with Crippen LogP contribution in [0, 0.1) is 0 Å². The second kappa shape index (κ2) is 5.19. The largest absolute Gasteiger partial charge is 0.311 e. The van der Waals surface area contributed by atoms with E-state index >= 15 is 0 Å². The van der Waals surface area contributed by atoms with Crippen molar-refractivity contribution in [3.63, 3.8) is 0 Å². The van der Waals surface area contributed by atoms with Gasteiger partial charge in [0.25, 0.3) is 0 Å². The molecule has 0 aromatic heterocycles. The summed E-state index contributed by atoms with van der Waals surface area (Å²) in [5.74, 6) is 0. The molecule has 0 spiro atoms. The second-order valence-electron chi connectivity index (χ2n) is 5.30. The number of likely N-dealkylation sites (tertiary alicyclic amines) is 1. The van der Waals surface area contributed by atoms with Crippen molar-refractivity contribution in [3.05, 3.63) is 35.4 Å². The van der Waals surface area contributed by atoms with Gasteiger partial charge in [-0.25, -0.2) is 0 Å². The smallest absolute Gasteiger partial charge is 0.0476 e. The molecule has 1 saturated heterocycles. The minimum atomic E-state index is 0.609. The van der Waals surface area contributed by atoms with Gasteiger partial charge in [-0.2, -0.15) is 0 Å². The highest BCUT2D eigenvalue weighted by Crippen LogP contribution is 2.28. The average Bonchev–Trinajstić information content (AvgIpc) is 2.67. The Morgan fingerprint density at radius 3 is 2.59 bits per heavy atom. The third-order valence-electron chi connectivity index (χ3n) is 4.15.